The van der Waals surface area contributed by atoms with Crippen molar-refractivity contribution in [1.82, 2.24) is 0 Å². The number of halogens is 1. The number of allylic oxidation sites excluding steroid dienone is 2. The van der Waals surface area contributed by atoms with Gasteiger partial charge in [0.25, 0.3) is 0 Å². The Labute approximate surface area is 115 Å². The molecule has 0 radical (unpaired) electrons. The quantitative estimate of drug-likeness (QED) is 0.541. The molecule has 0 aliphatic carbocycles. The molecule has 0 amide bonds. The Bertz CT molecular complexity index is 524. The first kappa shape index (κ1) is 15.4. The summed E-state index contributed by atoms with van der Waals surface area (Å²) in [5.74, 6) is -0.181. The van der Waals surface area contributed by atoms with Gasteiger partial charge in [0.1, 0.15) is 5.82 Å². The maximum absolute atomic E-state index is 13.5. The highest BCUT2D eigenvalue weighted by Crippen LogP contribution is 2.13. The molecule has 19 heavy (non-hydrogen) atoms. The third kappa shape index (κ3) is 4.16. The van der Waals surface area contributed by atoms with Gasteiger partial charge in [-0.05, 0) is 57.4 Å². The standard InChI is InChI=1S/C17H22FN/c1-6-8-15(7-2)13(4)19-14(5)16-10-9-12(3)17(18)11-16/h6-11,13H,1-5H3/b8-6-,15-7+,19-14+/t13-/m0/s1. The van der Waals surface area contributed by atoms with Gasteiger partial charge in [0.2, 0.25) is 0 Å². The average Bonchev–Trinajstić information content (AvgIpc) is 2.38. The highest BCUT2D eigenvalue weighted by atomic mass is 19.1. The molecule has 0 fully saturated rings. The van der Waals surface area contributed by atoms with E-state index in [1.165, 1.54) is 0 Å². The van der Waals surface area contributed by atoms with E-state index >= 15 is 0 Å². The Kier molecular flexibility index (Phi) is 5.68. The van der Waals surface area contributed by atoms with Crippen LogP contribution in [0.15, 0.2) is 47.0 Å². The van der Waals surface area contributed by atoms with E-state index in [0.29, 0.717) is 5.56 Å². The SMILES string of the molecule is C/C=C\C(=C/C)[C@H](C)/N=C(\C)c1ccc(C)c(F)c1. The Morgan fingerprint density at radius 2 is 2.00 bits per heavy atom. The van der Waals surface area contributed by atoms with Crippen LogP contribution in [0.3, 0.4) is 0 Å². The van der Waals surface area contributed by atoms with Crippen molar-refractivity contribution in [3.8, 4) is 0 Å². The van der Waals surface area contributed by atoms with E-state index in [0.717, 1.165) is 16.8 Å². The summed E-state index contributed by atoms with van der Waals surface area (Å²) in [6.45, 7) is 9.72. The first-order chi connectivity index (χ1) is 8.99. The zero-order valence-corrected chi connectivity index (χ0v) is 12.4. The van der Waals surface area contributed by atoms with Crippen LogP contribution in [-0.4, -0.2) is 11.8 Å². The minimum Gasteiger partial charge on any atom is -0.282 e. The van der Waals surface area contributed by atoms with Gasteiger partial charge in [0, 0.05) is 5.71 Å². The van der Waals surface area contributed by atoms with Crippen LogP contribution in [0.4, 0.5) is 4.39 Å². The summed E-state index contributed by atoms with van der Waals surface area (Å²) in [7, 11) is 0. The van der Waals surface area contributed by atoms with Crippen LogP contribution >= 0.6 is 0 Å². The molecule has 1 aromatic carbocycles. The molecule has 0 aromatic heterocycles. The second kappa shape index (κ2) is 7.03. The second-order valence-electron chi connectivity index (χ2n) is 4.64. The molecule has 0 aliphatic heterocycles. The smallest absolute Gasteiger partial charge is 0.126 e. The minimum atomic E-state index is -0.181. The monoisotopic (exact) mass is 259 g/mol. The lowest BCUT2D eigenvalue weighted by molar-refractivity contribution is 0.618. The Morgan fingerprint density at radius 1 is 1.32 bits per heavy atom. The molecule has 1 aromatic rings. The van der Waals surface area contributed by atoms with Crippen LogP contribution in [-0.2, 0) is 0 Å². The van der Waals surface area contributed by atoms with Crippen LogP contribution < -0.4 is 0 Å². The van der Waals surface area contributed by atoms with Gasteiger partial charge in [-0.2, -0.15) is 0 Å². The highest BCUT2D eigenvalue weighted by molar-refractivity contribution is 5.99. The number of hydrogen-bond donors (Lipinski definition) is 0. The summed E-state index contributed by atoms with van der Waals surface area (Å²) < 4.78 is 13.5. The lowest BCUT2D eigenvalue weighted by Gasteiger charge is -2.10. The van der Waals surface area contributed by atoms with E-state index in [2.05, 4.69) is 17.1 Å². The van der Waals surface area contributed by atoms with Crippen LogP contribution in [0.2, 0.25) is 0 Å². The molecule has 0 unspecified atom stereocenters. The second-order valence-corrected chi connectivity index (χ2v) is 4.64. The van der Waals surface area contributed by atoms with E-state index in [4.69, 9.17) is 0 Å². The molecule has 0 heterocycles. The van der Waals surface area contributed by atoms with Gasteiger partial charge in [0.05, 0.1) is 6.04 Å². The molecule has 0 saturated carbocycles. The minimum absolute atomic E-state index is 0.0746. The van der Waals surface area contributed by atoms with Gasteiger partial charge in [-0.1, -0.05) is 30.4 Å². The van der Waals surface area contributed by atoms with Crippen molar-refractivity contribution < 1.29 is 4.39 Å². The number of aryl methyl sites for hydroxylation is 1. The van der Waals surface area contributed by atoms with Crippen LogP contribution in [0.1, 0.15) is 38.8 Å². The third-order valence-electron chi connectivity index (χ3n) is 3.15. The van der Waals surface area contributed by atoms with Gasteiger partial charge in [0.15, 0.2) is 0 Å². The summed E-state index contributed by atoms with van der Waals surface area (Å²) in [6, 6.07) is 5.32. The predicted molar refractivity (Wildman–Crippen MR) is 81.4 cm³/mol. The highest BCUT2D eigenvalue weighted by Gasteiger charge is 2.06. The van der Waals surface area contributed by atoms with Gasteiger partial charge in [-0.3, -0.25) is 4.99 Å². The molecule has 0 aliphatic rings. The summed E-state index contributed by atoms with van der Waals surface area (Å²) >= 11 is 0. The largest absolute Gasteiger partial charge is 0.282 e. The first-order valence-electron chi connectivity index (χ1n) is 6.59. The van der Waals surface area contributed by atoms with Crippen LogP contribution in [0.5, 0.6) is 0 Å². The Hall–Kier alpha value is -1.70. The molecule has 0 bridgehead atoms. The molecular weight excluding hydrogens is 237 g/mol. The number of nitrogens with zero attached hydrogens (tertiary/aromatic N) is 1. The number of hydrogen-bond acceptors (Lipinski definition) is 1. The van der Waals surface area contributed by atoms with Crippen molar-refractivity contribution in [2.45, 2.75) is 40.7 Å². The molecule has 0 N–H and O–H groups in total. The third-order valence-corrected chi connectivity index (χ3v) is 3.15. The van der Waals surface area contributed by atoms with Gasteiger partial charge in [-0.15, -0.1) is 0 Å². The van der Waals surface area contributed by atoms with Crippen LogP contribution in [0, 0.1) is 12.7 Å². The zero-order valence-electron chi connectivity index (χ0n) is 12.4. The van der Waals surface area contributed by atoms with Gasteiger partial charge < -0.3 is 0 Å². The van der Waals surface area contributed by atoms with Crippen molar-refractivity contribution in [3.63, 3.8) is 0 Å². The topological polar surface area (TPSA) is 12.4 Å². The molecular formula is C17H22FN. The molecule has 2 heteroatoms. The molecule has 1 nitrogen and oxygen atoms in total. The fourth-order valence-corrected chi connectivity index (χ4v) is 1.93. The fourth-order valence-electron chi connectivity index (χ4n) is 1.93. The summed E-state index contributed by atoms with van der Waals surface area (Å²) in [6.07, 6.45) is 6.11. The van der Waals surface area contributed by atoms with E-state index in [9.17, 15) is 4.39 Å². The van der Waals surface area contributed by atoms with Gasteiger partial charge >= 0.3 is 0 Å². The maximum atomic E-state index is 13.5. The average molecular weight is 259 g/mol. The van der Waals surface area contributed by atoms with Crippen molar-refractivity contribution in [2.24, 2.45) is 4.99 Å². The van der Waals surface area contributed by atoms with Crippen molar-refractivity contribution in [1.29, 1.82) is 0 Å². The normalized spacial score (nSPS) is 15.1. The van der Waals surface area contributed by atoms with Crippen molar-refractivity contribution in [3.05, 3.63) is 58.9 Å². The van der Waals surface area contributed by atoms with E-state index in [-0.39, 0.29) is 11.9 Å². The van der Waals surface area contributed by atoms with Crippen molar-refractivity contribution in [2.75, 3.05) is 0 Å². The van der Waals surface area contributed by atoms with E-state index in [1.807, 2.05) is 39.8 Å². The number of rotatable bonds is 4. The number of aliphatic imine (C=N–C) groups is 1. The molecule has 0 spiro atoms. The first-order valence-corrected chi connectivity index (χ1v) is 6.59. The van der Waals surface area contributed by atoms with Crippen molar-refractivity contribution >= 4 is 5.71 Å². The lowest BCUT2D eigenvalue weighted by Crippen LogP contribution is -2.06. The van der Waals surface area contributed by atoms with E-state index < -0.39 is 0 Å². The number of benzene rings is 1. The molecule has 1 rings (SSSR count). The van der Waals surface area contributed by atoms with Gasteiger partial charge in [-0.25, -0.2) is 4.39 Å². The Morgan fingerprint density at radius 3 is 2.53 bits per heavy atom. The predicted octanol–water partition coefficient (Wildman–Crippen LogP) is 4.85. The fraction of sp³-hybridized carbons (Fsp3) is 0.353. The summed E-state index contributed by atoms with van der Waals surface area (Å²) in [5, 5.41) is 0. The van der Waals surface area contributed by atoms with E-state index in [1.54, 1.807) is 19.1 Å². The molecule has 102 valence electrons. The summed E-state index contributed by atoms with van der Waals surface area (Å²) in [5.41, 5.74) is 3.52. The Balaban J connectivity index is 3.01. The zero-order chi connectivity index (χ0) is 14.4. The molecule has 1 atom stereocenters. The molecule has 0 saturated heterocycles. The summed E-state index contributed by atoms with van der Waals surface area (Å²) in [4.78, 5) is 4.64. The van der Waals surface area contributed by atoms with Crippen LogP contribution in [0.25, 0.3) is 0 Å². The lowest BCUT2D eigenvalue weighted by atomic mass is 10.1. The maximum Gasteiger partial charge on any atom is 0.126 e.